The molecule has 5 nitrogen and oxygen atoms in total. The van der Waals surface area contributed by atoms with Crippen LogP contribution in [0, 0.1) is 20.8 Å². The van der Waals surface area contributed by atoms with E-state index in [0.717, 1.165) is 128 Å². The van der Waals surface area contributed by atoms with Crippen LogP contribution >= 0.6 is 0 Å². The molecule has 2 N–H and O–H groups in total. The summed E-state index contributed by atoms with van der Waals surface area (Å²) in [6.45, 7) is 6.38. The van der Waals surface area contributed by atoms with E-state index in [2.05, 4.69) is 225 Å². The molecule has 2 aliphatic rings. The second kappa shape index (κ2) is 16.2. The molecular weight excluding hydrogens is 817 g/mol. The minimum absolute atomic E-state index is 0.871. The molecule has 320 valence electrons. The van der Waals surface area contributed by atoms with Crippen molar-refractivity contribution >= 4 is 67.9 Å². The molecule has 0 atom stereocenters. The molecule has 8 bridgehead atoms. The molecule has 0 aliphatic carbocycles. The number of aryl methyl sites for hydroxylation is 3. The maximum absolute atomic E-state index is 6.16. The van der Waals surface area contributed by atoms with Gasteiger partial charge in [0.1, 0.15) is 5.75 Å². The van der Waals surface area contributed by atoms with Crippen molar-refractivity contribution in [3.8, 4) is 61.4 Å². The van der Waals surface area contributed by atoms with Crippen LogP contribution in [0.25, 0.3) is 124 Å². The number of H-pyrrole nitrogens is 2. The molecule has 10 aromatic rings. The van der Waals surface area contributed by atoms with E-state index in [1.54, 1.807) is 7.11 Å². The van der Waals surface area contributed by atoms with Crippen LogP contribution in [0.3, 0.4) is 0 Å². The number of methoxy groups -OCH3 is 1. The van der Waals surface area contributed by atoms with E-state index >= 15 is 0 Å². The van der Waals surface area contributed by atoms with Gasteiger partial charge in [-0.25, -0.2) is 9.97 Å². The minimum atomic E-state index is 0.871. The number of benzene rings is 7. The first-order chi connectivity index (χ1) is 32.9. The summed E-state index contributed by atoms with van der Waals surface area (Å²) in [7, 11) is 1.77. The van der Waals surface area contributed by atoms with Crippen LogP contribution in [0.5, 0.6) is 5.75 Å². The fourth-order valence-corrected chi connectivity index (χ4v) is 9.93. The lowest BCUT2D eigenvalue weighted by atomic mass is 9.93. The Morgan fingerprint density at radius 3 is 1.16 bits per heavy atom. The van der Waals surface area contributed by atoms with Gasteiger partial charge >= 0.3 is 0 Å². The van der Waals surface area contributed by atoms with Crippen molar-refractivity contribution in [1.82, 2.24) is 19.9 Å². The molecule has 12 rings (SSSR count). The quantitative estimate of drug-likeness (QED) is 0.164. The van der Waals surface area contributed by atoms with E-state index in [-0.39, 0.29) is 0 Å². The van der Waals surface area contributed by atoms with E-state index < -0.39 is 0 Å². The molecule has 0 spiro atoms. The molecule has 0 amide bonds. The van der Waals surface area contributed by atoms with Crippen LogP contribution < -0.4 is 4.74 Å². The zero-order valence-electron chi connectivity index (χ0n) is 37.8. The van der Waals surface area contributed by atoms with Gasteiger partial charge in [0.05, 0.1) is 29.9 Å². The summed E-state index contributed by atoms with van der Waals surface area (Å²) in [5.41, 5.74) is 21.6. The topological polar surface area (TPSA) is 66.6 Å². The van der Waals surface area contributed by atoms with E-state index in [4.69, 9.17) is 14.7 Å². The number of hydrogen-bond donors (Lipinski definition) is 2. The zero-order valence-corrected chi connectivity index (χ0v) is 37.8. The number of rotatable bonds is 6. The second-order valence-electron chi connectivity index (χ2n) is 17.7. The predicted octanol–water partition coefficient (Wildman–Crippen LogP) is 16.2. The summed E-state index contributed by atoms with van der Waals surface area (Å²) in [4.78, 5) is 18.8. The molecule has 0 saturated carbocycles. The molecule has 67 heavy (non-hydrogen) atoms. The molecule has 3 aromatic heterocycles. The Bertz CT molecular complexity index is 3790. The SMILES string of the molecule is COc1c2ccccc2cc2cccc(-c3ccc(-c4c5nc(c(-c6ccc(C)cc6)c6ccc([nH]6)c(-c6ccc(C)cc6)c6nc(c(-c7ccc(C)cc7)c7ccc4[nH]7)C=C6)C=C5)cc3)c12. The van der Waals surface area contributed by atoms with Gasteiger partial charge in [-0.05, 0) is 120 Å². The lowest BCUT2D eigenvalue weighted by Crippen LogP contribution is -1.91. The van der Waals surface area contributed by atoms with Gasteiger partial charge in [0.2, 0.25) is 0 Å². The first-order valence-corrected chi connectivity index (χ1v) is 22.8. The average molecular weight is 863 g/mol. The van der Waals surface area contributed by atoms with E-state index in [1.807, 2.05) is 0 Å². The van der Waals surface area contributed by atoms with Crippen molar-refractivity contribution in [1.29, 1.82) is 0 Å². The van der Waals surface area contributed by atoms with Gasteiger partial charge in [-0.1, -0.05) is 156 Å². The smallest absolute Gasteiger partial charge is 0.135 e. The van der Waals surface area contributed by atoms with E-state index in [0.29, 0.717) is 0 Å². The summed E-state index contributed by atoms with van der Waals surface area (Å²) in [5.74, 6) is 0.887. The van der Waals surface area contributed by atoms with Crippen molar-refractivity contribution in [3.05, 3.63) is 209 Å². The molecule has 7 aromatic carbocycles. The monoisotopic (exact) mass is 862 g/mol. The second-order valence-corrected chi connectivity index (χ2v) is 17.7. The average Bonchev–Trinajstić information content (AvgIpc) is 4.21. The van der Waals surface area contributed by atoms with Crippen LogP contribution in [0.4, 0.5) is 0 Å². The molecule has 0 fully saturated rings. The van der Waals surface area contributed by atoms with Gasteiger partial charge in [-0.3, -0.25) is 0 Å². The van der Waals surface area contributed by atoms with Gasteiger partial charge < -0.3 is 14.7 Å². The third-order valence-electron chi connectivity index (χ3n) is 13.3. The number of nitrogens with one attached hydrogen (secondary N) is 2. The normalized spacial score (nSPS) is 12.1. The highest BCUT2D eigenvalue weighted by molar-refractivity contribution is 6.11. The lowest BCUT2D eigenvalue weighted by Gasteiger charge is -2.15. The molecule has 0 radical (unpaired) electrons. The Morgan fingerprint density at radius 2 is 0.746 bits per heavy atom. The zero-order chi connectivity index (χ0) is 45.2. The highest BCUT2D eigenvalue weighted by Gasteiger charge is 2.20. The number of nitrogens with zero attached hydrogens (tertiary/aromatic N) is 2. The summed E-state index contributed by atoms with van der Waals surface area (Å²) < 4.78 is 6.16. The van der Waals surface area contributed by atoms with E-state index in [1.165, 1.54) is 16.7 Å². The number of aromatic nitrogens is 4. The van der Waals surface area contributed by atoms with Gasteiger partial charge in [-0.15, -0.1) is 0 Å². The van der Waals surface area contributed by atoms with Crippen molar-refractivity contribution < 1.29 is 4.74 Å². The fourth-order valence-electron chi connectivity index (χ4n) is 9.93. The highest BCUT2D eigenvalue weighted by atomic mass is 16.5. The molecule has 0 unspecified atom stereocenters. The first-order valence-electron chi connectivity index (χ1n) is 22.8. The third kappa shape index (κ3) is 7.04. The van der Waals surface area contributed by atoms with Crippen LogP contribution in [-0.4, -0.2) is 27.0 Å². The molecule has 5 heterocycles. The van der Waals surface area contributed by atoms with Crippen LogP contribution in [0.1, 0.15) is 39.5 Å². The third-order valence-corrected chi connectivity index (χ3v) is 13.3. The number of fused-ring (bicyclic) bond motifs is 10. The van der Waals surface area contributed by atoms with Gasteiger partial charge in [-0.2, -0.15) is 0 Å². The summed E-state index contributed by atoms with van der Waals surface area (Å²) in [6.07, 6.45) is 8.63. The number of ether oxygens (including phenoxy) is 1. The Labute approximate surface area is 389 Å². The molecule has 0 saturated heterocycles. The van der Waals surface area contributed by atoms with Gasteiger partial charge in [0, 0.05) is 55.1 Å². The maximum Gasteiger partial charge on any atom is 0.135 e. The van der Waals surface area contributed by atoms with Crippen LogP contribution in [0.2, 0.25) is 0 Å². The van der Waals surface area contributed by atoms with Crippen molar-refractivity contribution in [2.75, 3.05) is 7.11 Å². The minimum Gasteiger partial charge on any atom is -0.495 e. The van der Waals surface area contributed by atoms with Gasteiger partial charge in [0.15, 0.2) is 0 Å². The molecule has 5 heteroatoms. The highest BCUT2D eigenvalue weighted by Crippen LogP contribution is 2.43. The number of hydrogen-bond acceptors (Lipinski definition) is 3. The summed E-state index contributed by atoms with van der Waals surface area (Å²) in [6, 6.07) is 61.0. The van der Waals surface area contributed by atoms with Crippen LogP contribution in [-0.2, 0) is 0 Å². The van der Waals surface area contributed by atoms with Crippen molar-refractivity contribution in [3.63, 3.8) is 0 Å². The maximum atomic E-state index is 6.16. The van der Waals surface area contributed by atoms with Crippen molar-refractivity contribution in [2.45, 2.75) is 20.8 Å². The van der Waals surface area contributed by atoms with Gasteiger partial charge in [0.25, 0.3) is 0 Å². The Hall–Kier alpha value is -8.54. The van der Waals surface area contributed by atoms with Crippen molar-refractivity contribution in [2.24, 2.45) is 0 Å². The largest absolute Gasteiger partial charge is 0.495 e. The Morgan fingerprint density at radius 1 is 0.373 bits per heavy atom. The summed E-state index contributed by atoms with van der Waals surface area (Å²) in [5, 5.41) is 4.50. The first kappa shape index (κ1) is 40.0. The lowest BCUT2D eigenvalue weighted by molar-refractivity contribution is 0.425. The van der Waals surface area contributed by atoms with E-state index in [9.17, 15) is 0 Å². The molecule has 2 aliphatic heterocycles. The number of aromatic amines is 2. The molecular formula is C62H46N4O. The Balaban J connectivity index is 1.15. The predicted molar refractivity (Wildman–Crippen MR) is 282 cm³/mol. The Kier molecular flexibility index (Phi) is 9.65. The van der Waals surface area contributed by atoms with Crippen LogP contribution in [0.15, 0.2) is 170 Å². The fraction of sp³-hybridized carbons (Fsp3) is 0.0645. The standard InChI is InChI=1S/C62H46N4O/c1-37-12-18-41(19-13-37)58-49-28-30-51(63-49)59(42-20-14-38(2)15-21-42)53-32-34-55(65-53)61(56-35-33-54(66-56)60(52-31-29-50(58)64-52)43-22-16-39(3)17-23-43)44-26-24-40(25-27-44)47-11-7-9-46-36-45-8-5-6-10-48(45)62(67-4)57(46)47/h5-36,63,66H,1-4H3. The summed E-state index contributed by atoms with van der Waals surface area (Å²) >= 11 is 0.